The second-order valence-electron chi connectivity index (χ2n) is 21.1. The Morgan fingerprint density at radius 1 is 0.343 bits per heavy atom. The maximum atomic E-state index is 12.5. The van der Waals surface area contributed by atoms with Gasteiger partial charge in [0.15, 0.2) is 0 Å². The summed E-state index contributed by atoms with van der Waals surface area (Å²) in [7, 11) is 0. The molecule has 2 atom stereocenters. The number of hydrogen-bond acceptors (Lipinski definition) is 3. The molecule has 2 unspecified atom stereocenters. The van der Waals surface area contributed by atoms with Crippen molar-refractivity contribution in [1.29, 1.82) is 0 Å². The standard InChI is InChI=1S/C66H121NO3/c1-3-5-7-9-11-13-15-17-19-21-22-23-24-25-26-27-28-29-30-31-32-33-34-35-36-37-38-39-40-41-42-43-44-46-48-50-52-54-56-58-60-62-66(70)67-64(63-68)65(69)61-59-57-55-53-51-49-47-45-20-18-16-14-12-10-8-6-4-2/h15,17,20-22,24-25,45,51,53,59,61,64-65,68-69H,3-14,16,18-19,23,26-44,46-50,52,54-58,60,62-63H2,1-2H3,(H,67,70)/b17-15-,22-21-,25-24-,45-20+,53-51+,61-59+. The number of carbonyl (C=O) groups excluding carboxylic acids is 1. The first kappa shape index (κ1) is 67.8. The Bertz CT molecular complexity index is 1200. The fraction of sp³-hybridized carbons (Fsp3) is 0.803. The number of amides is 1. The van der Waals surface area contributed by atoms with Crippen LogP contribution >= 0.6 is 0 Å². The smallest absolute Gasteiger partial charge is 0.220 e. The molecule has 408 valence electrons. The quantitative estimate of drug-likeness (QED) is 0.0420. The lowest BCUT2D eigenvalue weighted by Gasteiger charge is -2.19. The van der Waals surface area contributed by atoms with Crippen molar-refractivity contribution in [2.75, 3.05) is 6.61 Å². The van der Waals surface area contributed by atoms with Gasteiger partial charge in [-0.25, -0.2) is 0 Å². The van der Waals surface area contributed by atoms with Gasteiger partial charge in [-0.05, 0) is 83.5 Å². The van der Waals surface area contributed by atoms with Gasteiger partial charge in [-0.15, -0.1) is 0 Å². The van der Waals surface area contributed by atoms with Gasteiger partial charge in [0.05, 0.1) is 18.8 Å². The van der Waals surface area contributed by atoms with E-state index < -0.39 is 12.1 Å². The zero-order chi connectivity index (χ0) is 50.6. The van der Waals surface area contributed by atoms with Crippen LogP contribution in [-0.2, 0) is 4.79 Å². The number of nitrogens with one attached hydrogen (secondary N) is 1. The third-order valence-corrected chi connectivity index (χ3v) is 14.1. The highest BCUT2D eigenvalue weighted by Gasteiger charge is 2.18. The Labute approximate surface area is 438 Å². The van der Waals surface area contributed by atoms with Crippen molar-refractivity contribution in [2.24, 2.45) is 0 Å². The lowest BCUT2D eigenvalue weighted by Crippen LogP contribution is -2.45. The second kappa shape index (κ2) is 61.1. The summed E-state index contributed by atoms with van der Waals surface area (Å²) in [5.41, 5.74) is 0. The molecule has 0 aliphatic rings. The van der Waals surface area contributed by atoms with Crippen molar-refractivity contribution in [3.05, 3.63) is 72.9 Å². The van der Waals surface area contributed by atoms with Crippen LogP contribution in [0, 0.1) is 0 Å². The average Bonchev–Trinajstić information content (AvgIpc) is 3.36. The zero-order valence-corrected chi connectivity index (χ0v) is 47.0. The third kappa shape index (κ3) is 56.7. The molecule has 0 fully saturated rings. The molecule has 0 aromatic rings. The van der Waals surface area contributed by atoms with E-state index in [-0.39, 0.29) is 12.5 Å². The Balaban J connectivity index is 3.43. The van der Waals surface area contributed by atoms with E-state index in [9.17, 15) is 15.0 Å². The van der Waals surface area contributed by atoms with Crippen LogP contribution in [0.4, 0.5) is 0 Å². The molecule has 0 saturated carbocycles. The number of aliphatic hydroxyl groups excluding tert-OH is 2. The fourth-order valence-electron chi connectivity index (χ4n) is 9.40. The normalized spacial score (nSPS) is 13.3. The van der Waals surface area contributed by atoms with Gasteiger partial charge >= 0.3 is 0 Å². The van der Waals surface area contributed by atoms with Crippen molar-refractivity contribution in [3.63, 3.8) is 0 Å². The van der Waals surface area contributed by atoms with E-state index in [1.165, 1.54) is 250 Å². The molecule has 4 nitrogen and oxygen atoms in total. The Hall–Kier alpha value is -2.17. The molecule has 0 spiro atoms. The van der Waals surface area contributed by atoms with E-state index in [2.05, 4.69) is 79.9 Å². The highest BCUT2D eigenvalue weighted by atomic mass is 16.3. The summed E-state index contributed by atoms with van der Waals surface area (Å²) in [6, 6.07) is -0.646. The summed E-state index contributed by atoms with van der Waals surface area (Å²) in [6.07, 6.45) is 88.2. The molecule has 3 N–H and O–H groups in total. The number of rotatable bonds is 57. The van der Waals surface area contributed by atoms with Gasteiger partial charge in [-0.3, -0.25) is 4.79 Å². The van der Waals surface area contributed by atoms with Crippen LogP contribution in [0.3, 0.4) is 0 Å². The van der Waals surface area contributed by atoms with Gasteiger partial charge in [0.1, 0.15) is 0 Å². The third-order valence-electron chi connectivity index (χ3n) is 14.1. The Kier molecular flexibility index (Phi) is 59.2. The van der Waals surface area contributed by atoms with Crippen molar-refractivity contribution in [2.45, 2.75) is 334 Å². The predicted molar refractivity (Wildman–Crippen MR) is 313 cm³/mol. The minimum atomic E-state index is -0.871. The van der Waals surface area contributed by atoms with Gasteiger partial charge < -0.3 is 15.5 Å². The molecule has 0 rings (SSSR count). The molecule has 0 heterocycles. The molecule has 70 heavy (non-hydrogen) atoms. The van der Waals surface area contributed by atoms with Crippen molar-refractivity contribution in [3.8, 4) is 0 Å². The minimum Gasteiger partial charge on any atom is -0.394 e. The van der Waals surface area contributed by atoms with E-state index in [4.69, 9.17) is 0 Å². The van der Waals surface area contributed by atoms with Crippen LogP contribution in [0.15, 0.2) is 72.9 Å². The van der Waals surface area contributed by atoms with E-state index in [1.54, 1.807) is 6.08 Å². The summed E-state index contributed by atoms with van der Waals surface area (Å²) in [6.45, 7) is 4.29. The van der Waals surface area contributed by atoms with Gasteiger partial charge in [0.2, 0.25) is 5.91 Å². The van der Waals surface area contributed by atoms with E-state index in [0.717, 1.165) is 51.4 Å². The summed E-state index contributed by atoms with van der Waals surface area (Å²) >= 11 is 0. The summed E-state index contributed by atoms with van der Waals surface area (Å²) in [4.78, 5) is 12.5. The lowest BCUT2D eigenvalue weighted by molar-refractivity contribution is -0.123. The largest absolute Gasteiger partial charge is 0.394 e. The summed E-state index contributed by atoms with van der Waals surface area (Å²) in [5, 5.41) is 23.1. The van der Waals surface area contributed by atoms with Gasteiger partial charge in [-0.1, -0.05) is 305 Å². The first-order valence-electron chi connectivity index (χ1n) is 31.2. The molecule has 0 aromatic carbocycles. The maximum absolute atomic E-state index is 12.5. The van der Waals surface area contributed by atoms with E-state index in [0.29, 0.717) is 6.42 Å². The number of unbranched alkanes of at least 4 members (excludes halogenated alkanes) is 40. The van der Waals surface area contributed by atoms with E-state index >= 15 is 0 Å². The Morgan fingerprint density at radius 3 is 0.929 bits per heavy atom. The number of hydrogen-bond donors (Lipinski definition) is 3. The van der Waals surface area contributed by atoms with Crippen LogP contribution in [-0.4, -0.2) is 34.9 Å². The van der Waals surface area contributed by atoms with Gasteiger partial charge in [-0.2, -0.15) is 0 Å². The van der Waals surface area contributed by atoms with Crippen LogP contribution < -0.4 is 5.32 Å². The van der Waals surface area contributed by atoms with Crippen molar-refractivity contribution in [1.82, 2.24) is 5.32 Å². The number of aliphatic hydroxyl groups is 2. The first-order valence-corrected chi connectivity index (χ1v) is 31.2. The van der Waals surface area contributed by atoms with Crippen LogP contribution in [0.1, 0.15) is 322 Å². The first-order chi connectivity index (χ1) is 34.7. The molecular weight excluding hydrogens is 855 g/mol. The SMILES string of the molecule is CCCCCCC/C=C\C/C=C\C/C=C\CCCCCCCCCCCCCCCCCCCCCCCCCCCCC(=O)NC(CO)C(O)/C=C/CC/C=C/CC/C=C/CCCCCCCCC. The van der Waals surface area contributed by atoms with E-state index in [1.807, 2.05) is 6.08 Å². The predicted octanol–water partition coefficient (Wildman–Crippen LogP) is 20.9. The zero-order valence-electron chi connectivity index (χ0n) is 47.0. The van der Waals surface area contributed by atoms with Crippen LogP contribution in [0.25, 0.3) is 0 Å². The Morgan fingerprint density at radius 2 is 0.600 bits per heavy atom. The molecule has 0 radical (unpaired) electrons. The molecule has 0 saturated heterocycles. The summed E-state index contributed by atoms with van der Waals surface area (Å²) in [5.74, 6) is -0.0743. The summed E-state index contributed by atoms with van der Waals surface area (Å²) < 4.78 is 0. The topological polar surface area (TPSA) is 69.6 Å². The monoisotopic (exact) mass is 976 g/mol. The highest BCUT2D eigenvalue weighted by molar-refractivity contribution is 5.76. The lowest BCUT2D eigenvalue weighted by atomic mass is 10.0. The van der Waals surface area contributed by atoms with Gasteiger partial charge in [0, 0.05) is 6.42 Å². The van der Waals surface area contributed by atoms with Crippen LogP contribution in [0.5, 0.6) is 0 Å². The number of carbonyl (C=O) groups is 1. The second-order valence-corrected chi connectivity index (χ2v) is 21.1. The van der Waals surface area contributed by atoms with Crippen LogP contribution in [0.2, 0.25) is 0 Å². The maximum Gasteiger partial charge on any atom is 0.220 e. The molecular formula is C66H121NO3. The average molecular weight is 977 g/mol. The molecule has 0 aliphatic heterocycles. The van der Waals surface area contributed by atoms with Gasteiger partial charge in [0.25, 0.3) is 0 Å². The molecule has 4 heteroatoms. The fourth-order valence-corrected chi connectivity index (χ4v) is 9.40. The minimum absolute atomic E-state index is 0.0743. The molecule has 0 bridgehead atoms. The highest BCUT2D eigenvalue weighted by Crippen LogP contribution is 2.17. The molecule has 0 aromatic heterocycles. The molecule has 0 aliphatic carbocycles. The van der Waals surface area contributed by atoms with Crippen molar-refractivity contribution < 1.29 is 15.0 Å². The number of allylic oxidation sites excluding steroid dienone is 11. The molecule has 1 amide bonds. The van der Waals surface area contributed by atoms with Crippen molar-refractivity contribution >= 4 is 5.91 Å².